The second-order valence-electron chi connectivity index (χ2n) is 6.43. The highest BCUT2D eigenvalue weighted by molar-refractivity contribution is 6.17. The zero-order valence-electron chi connectivity index (χ0n) is 13.3. The first kappa shape index (κ1) is 12.9. The molecule has 0 nitrogen and oxygen atoms in total. The van der Waals surface area contributed by atoms with Crippen molar-refractivity contribution in [3.8, 4) is 11.1 Å². The Bertz CT molecular complexity index is 1070. The molecule has 0 radical (unpaired) electrons. The third kappa shape index (κ3) is 1.66. The summed E-state index contributed by atoms with van der Waals surface area (Å²) in [5.74, 6) is 0. The molecule has 5 rings (SSSR count). The molecule has 0 heteroatoms. The number of fused-ring (bicyclic) bond motifs is 4. The zero-order valence-corrected chi connectivity index (χ0v) is 13.3. The van der Waals surface area contributed by atoms with Gasteiger partial charge in [-0.2, -0.15) is 0 Å². The van der Waals surface area contributed by atoms with Gasteiger partial charge < -0.3 is 0 Å². The van der Waals surface area contributed by atoms with Crippen LogP contribution >= 0.6 is 0 Å². The fourth-order valence-electron chi connectivity index (χ4n) is 4.32. The van der Waals surface area contributed by atoms with Crippen molar-refractivity contribution in [1.29, 1.82) is 0 Å². The fourth-order valence-corrected chi connectivity index (χ4v) is 4.32. The van der Waals surface area contributed by atoms with Gasteiger partial charge in [0, 0.05) is 0 Å². The van der Waals surface area contributed by atoms with Crippen LogP contribution in [0.4, 0.5) is 0 Å². The minimum atomic E-state index is 1.04. The van der Waals surface area contributed by atoms with E-state index >= 15 is 0 Å². The van der Waals surface area contributed by atoms with Gasteiger partial charge in [-0.25, -0.2) is 0 Å². The molecule has 0 N–H and O–H groups in total. The lowest BCUT2D eigenvalue weighted by Crippen LogP contribution is -2.03. The van der Waals surface area contributed by atoms with Gasteiger partial charge in [0.1, 0.15) is 0 Å². The maximum absolute atomic E-state index is 2.31. The molecular formula is C23H18. The predicted octanol–water partition coefficient (Wildman–Crippen LogP) is 6.13. The van der Waals surface area contributed by atoms with Gasteiger partial charge in [-0.05, 0) is 62.2 Å². The topological polar surface area (TPSA) is 0 Å². The molecule has 1 aliphatic carbocycles. The van der Waals surface area contributed by atoms with E-state index in [1.165, 1.54) is 49.4 Å². The molecule has 0 heterocycles. The smallest absolute Gasteiger partial charge is 0.00132 e. The summed E-state index contributed by atoms with van der Waals surface area (Å²) >= 11 is 0. The highest BCUT2D eigenvalue weighted by Gasteiger charge is 2.22. The summed E-state index contributed by atoms with van der Waals surface area (Å²) in [7, 11) is 0. The number of hydrogen-bond donors (Lipinski definition) is 0. The van der Waals surface area contributed by atoms with Crippen LogP contribution in [0.1, 0.15) is 23.6 Å². The van der Waals surface area contributed by atoms with Gasteiger partial charge in [0.25, 0.3) is 0 Å². The molecule has 0 aromatic heterocycles. The summed E-state index contributed by atoms with van der Waals surface area (Å²) in [6, 6.07) is 24.6. The molecule has 0 atom stereocenters. The molecule has 0 amide bonds. The molecule has 4 aromatic carbocycles. The molecule has 110 valence electrons. The summed E-state index contributed by atoms with van der Waals surface area (Å²) in [6.07, 6.45) is 2.12. The van der Waals surface area contributed by atoms with E-state index in [0.717, 1.165) is 12.8 Å². The van der Waals surface area contributed by atoms with E-state index in [9.17, 15) is 0 Å². The summed E-state index contributed by atoms with van der Waals surface area (Å²) in [5.41, 5.74) is 7.25. The molecule has 23 heavy (non-hydrogen) atoms. The molecule has 0 aliphatic heterocycles. The van der Waals surface area contributed by atoms with Gasteiger partial charge in [0.05, 0.1) is 0 Å². The van der Waals surface area contributed by atoms with Crippen LogP contribution in [0.3, 0.4) is 0 Å². The second kappa shape index (κ2) is 4.70. The Morgan fingerprint density at radius 1 is 0.696 bits per heavy atom. The number of aryl methyl sites for hydroxylation is 1. The van der Waals surface area contributed by atoms with Gasteiger partial charge in [-0.3, -0.25) is 0 Å². The van der Waals surface area contributed by atoms with E-state index in [2.05, 4.69) is 73.7 Å². The number of benzene rings is 4. The summed E-state index contributed by atoms with van der Waals surface area (Å²) in [4.78, 5) is 0. The molecule has 0 unspecified atom stereocenters. The van der Waals surface area contributed by atoms with Crippen molar-refractivity contribution in [2.45, 2.75) is 19.8 Å². The SMILES string of the molecule is CCc1c2ccccc2c2c3c(cccc13)Cc1ccccc1-2. The molecular weight excluding hydrogens is 276 g/mol. The van der Waals surface area contributed by atoms with Crippen LogP contribution in [0.5, 0.6) is 0 Å². The molecule has 0 spiro atoms. The van der Waals surface area contributed by atoms with Crippen LogP contribution in [0.2, 0.25) is 0 Å². The van der Waals surface area contributed by atoms with E-state index in [1.807, 2.05) is 0 Å². The van der Waals surface area contributed by atoms with Gasteiger partial charge in [-0.1, -0.05) is 73.7 Å². The lowest BCUT2D eigenvalue weighted by Gasteiger charge is -2.24. The Labute approximate surface area is 136 Å². The van der Waals surface area contributed by atoms with Crippen molar-refractivity contribution in [3.63, 3.8) is 0 Å². The quantitative estimate of drug-likeness (QED) is 0.326. The minimum Gasteiger partial charge on any atom is -0.0619 e. The van der Waals surface area contributed by atoms with Crippen LogP contribution in [-0.2, 0) is 12.8 Å². The molecule has 4 aromatic rings. The molecule has 0 bridgehead atoms. The van der Waals surface area contributed by atoms with Crippen molar-refractivity contribution < 1.29 is 0 Å². The zero-order chi connectivity index (χ0) is 15.4. The molecule has 0 saturated carbocycles. The van der Waals surface area contributed by atoms with Crippen molar-refractivity contribution in [3.05, 3.63) is 83.4 Å². The van der Waals surface area contributed by atoms with Crippen LogP contribution in [0, 0.1) is 0 Å². The van der Waals surface area contributed by atoms with Crippen molar-refractivity contribution in [2.24, 2.45) is 0 Å². The monoisotopic (exact) mass is 294 g/mol. The Kier molecular flexibility index (Phi) is 2.63. The van der Waals surface area contributed by atoms with Crippen molar-refractivity contribution >= 4 is 21.5 Å². The standard InChI is InChI=1S/C23H18/c1-2-17-19-11-5-6-12-21(19)23-18-10-4-3-8-15(18)14-16-9-7-13-20(17)22(16)23/h3-13H,2,14H2,1H3. The van der Waals surface area contributed by atoms with E-state index in [0.29, 0.717) is 0 Å². The van der Waals surface area contributed by atoms with Gasteiger partial charge in [0.15, 0.2) is 0 Å². The van der Waals surface area contributed by atoms with Crippen LogP contribution in [-0.4, -0.2) is 0 Å². The molecule has 0 saturated heterocycles. The normalized spacial score (nSPS) is 12.6. The third-order valence-corrected chi connectivity index (χ3v) is 5.27. The summed E-state index contributed by atoms with van der Waals surface area (Å²) in [5, 5.41) is 5.72. The van der Waals surface area contributed by atoms with E-state index in [-0.39, 0.29) is 0 Å². The maximum Gasteiger partial charge on any atom is -0.00132 e. The van der Waals surface area contributed by atoms with Gasteiger partial charge >= 0.3 is 0 Å². The average molecular weight is 294 g/mol. The lowest BCUT2D eigenvalue weighted by molar-refractivity contribution is 1.17. The summed E-state index contributed by atoms with van der Waals surface area (Å²) in [6.45, 7) is 2.27. The number of hydrogen-bond acceptors (Lipinski definition) is 0. The van der Waals surface area contributed by atoms with Crippen LogP contribution < -0.4 is 0 Å². The molecule has 1 aliphatic rings. The Morgan fingerprint density at radius 3 is 2.26 bits per heavy atom. The first-order chi connectivity index (χ1) is 11.4. The number of rotatable bonds is 1. The highest BCUT2D eigenvalue weighted by atomic mass is 14.2. The van der Waals surface area contributed by atoms with Crippen molar-refractivity contribution in [2.75, 3.05) is 0 Å². The van der Waals surface area contributed by atoms with E-state index in [1.54, 1.807) is 0 Å². The van der Waals surface area contributed by atoms with Gasteiger partial charge in [0.2, 0.25) is 0 Å². The first-order valence-corrected chi connectivity index (χ1v) is 8.42. The van der Waals surface area contributed by atoms with Crippen LogP contribution in [0.25, 0.3) is 32.7 Å². The largest absolute Gasteiger partial charge is 0.0619 e. The Balaban J connectivity index is 2.12. The summed E-state index contributed by atoms with van der Waals surface area (Å²) < 4.78 is 0. The second-order valence-corrected chi connectivity index (χ2v) is 6.43. The highest BCUT2D eigenvalue weighted by Crippen LogP contribution is 2.45. The fraction of sp³-hybridized carbons (Fsp3) is 0.130. The average Bonchev–Trinajstić information content (AvgIpc) is 2.61. The first-order valence-electron chi connectivity index (χ1n) is 8.42. The van der Waals surface area contributed by atoms with Crippen LogP contribution in [0.15, 0.2) is 66.7 Å². The predicted molar refractivity (Wildman–Crippen MR) is 99.1 cm³/mol. The maximum atomic E-state index is 2.31. The molecule has 0 fully saturated rings. The third-order valence-electron chi connectivity index (χ3n) is 5.27. The van der Waals surface area contributed by atoms with Crippen molar-refractivity contribution in [1.82, 2.24) is 0 Å². The minimum absolute atomic E-state index is 1.04. The van der Waals surface area contributed by atoms with E-state index in [4.69, 9.17) is 0 Å². The van der Waals surface area contributed by atoms with Gasteiger partial charge in [-0.15, -0.1) is 0 Å². The lowest BCUT2D eigenvalue weighted by atomic mass is 9.79. The Morgan fingerprint density at radius 2 is 1.39 bits per heavy atom. The Hall–Kier alpha value is -2.60. The van der Waals surface area contributed by atoms with E-state index < -0.39 is 0 Å².